The molecule has 96 valence electrons. The summed E-state index contributed by atoms with van der Waals surface area (Å²) in [5.74, 6) is 0.597. The maximum Gasteiger partial charge on any atom is 0.181 e. The highest BCUT2D eigenvalue weighted by Crippen LogP contribution is 2.31. The van der Waals surface area contributed by atoms with Crippen LogP contribution in [0.5, 0.6) is 0 Å². The summed E-state index contributed by atoms with van der Waals surface area (Å²) in [5, 5.41) is 0. The fourth-order valence-electron chi connectivity index (χ4n) is 3.35. The van der Waals surface area contributed by atoms with Gasteiger partial charge in [-0.05, 0) is 38.1 Å². The zero-order valence-corrected chi connectivity index (χ0v) is 10.6. The van der Waals surface area contributed by atoms with Gasteiger partial charge in [-0.15, -0.1) is 0 Å². The van der Waals surface area contributed by atoms with Crippen LogP contribution in [-0.4, -0.2) is 43.5 Å². The van der Waals surface area contributed by atoms with E-state index < -0.39 is 0 Å². The number of ether oxygens (including phenoxy) is 2. The van der Waals surface area contributed by atoms with Crippen LogP contribution < -0.4 is 0 Å². The highest BCUT2D eigenvalue weighted by Gasteiger charge is 2.40. The molecule has 0 aromatic carbocycles. The van der Waals surface area contributed by atoms with Crippen LogP contribution in [0.4, 0.5) is 0 Å². The van der Waals surface area contributed by atoms with Gasteiger partial charge in [0.15, 0.2) is 5.79 Å². The summed E-state index contributed by atoms with van der Waals surface area (Å²) in [6.45, 7) is 4.97. The highest BCUT2D eigenvalue weighted by atomic mass is 16.7. The standard InChI is InChI=1S/C14H23NO2/c1-2-5-13(6-3-1)11-15-8-4-7-14(12-15)16-9-10-17-14/h1-2,13H,3-12H2. The van der Waals surface area contributed by atoms with Crippen LogP contribution in [0, 0.1) is 5.92 Å². The van der Waals surface area contributed by atoms with Crippen molar-refractivity contribution in [3.63, 3.8) is 0 Å². The van der Waals surface area contributed by atoms with Crippen molar-refractivity contribution in [1.29, 1.82) is 0 Å². The molecule has 1 aliphatic carbocycles. The van der Waals surface area contributed by atoms with Gasteiger partial charge in [-0.3, -0.25) is 4.90 Å². The Balaban J connectivity index is 1.54. The van der Waals surface area contributed by atoms with Crippen molar-refractivity contribution in [3.05, 3.63) is 12.2 Å². The van der Waals surface area contributed by atoms with Crippen molar-refractivity contribution >= 4 is 0 Å². The van der Waals surface area contributed by atoms with Crippen molar-refractivity contribution in [1.82, 2.24) is 4.90 Å². The van der Waals surface area contributed by atoms with E-state index in [1.807, 2.05) is 0 Å². The maximum atomic E-state index is 5.82. The van der Waals surface area contributed by atoms with Gasteiger partial charge in [-0.2, -0.15) is 0 Å². The average molecular weight is 237 g/mol. The minimum Gasteiger partial charge on any atom is -0.346 e. The molecular weight excluding hydrogens is 214 g/mol. The molecule has 2 aliphatic heterocycles. The fourth-order valence-corrected chi connectivity index (χ4v) is 3.35. The molecule has 3 nitrogen and oxygen atoms in total. The Kier molecular flexibility index (Phi) is 3.50. The molecule has 0 amide bonds. The first-order valence-corrected chi connectivity index (χ1v) is 7.02. The SMILES string of the molecule is C1=CCC(CN2CCCC3(C2)OCCO3)CC1. The summed E-state index contributed by atoms with van der Waals surface area (Å²) in [5.41, 5.74) is 0. The van der Waals surface area contributed by atoms with Crippen LogP contribution in [0.15, 0.2) is 12.2 Å². The Bertz CT molecular complexity index is 284. The van der Waals surface area contributed by atoms with E-state index in [0.29, 0.717) is 0 Å². The number of rotatable bonds is 2. The van der Waals surface area contributed by atoms with E-state index >= 15 is 0 Å². The predicted molar refractivity (Wildman–Crippen MR) is 66.8 cm³/mol. The molecule has 2 fully saturated rings. The molecule has 3 rings (SSSR count). The van der Waals surface area contributed by atoms with Crippen molar-refractivity contribution in [2.24, 2.45) is 5.92 Å². The van der Waals surface area contributed by atoms with Crippen molar-refractivity contribution in [2.75, 3.05) is 32.8 Å². The second-order valence-corrected chi connectivity index (χ2v) is 5.60. The lowest BCUT2D eigenvalue weighted by molar-refractivity contribution is -0.190. The monoisotopic (exact) mass is 237 g/mol. The Hall–Kier alpha value is -0.380. The molecule has 1 unspecified atom stereocenters. The lowest BCUT2D eigenvalue weighted by atomic mass is 9.93. The first kappa shape index (κ1) is 11.7. The van der Waals surface area contributed by atoms with E-state index in [4.69, 9.17) is 9.47 Å². The van der Waals surface area contributed by atoms with E-state index in [9.17, 15) is 0 Å². The molecule has 17 heavy (non-hydrogen) atoms. The zero-order chi connectivity index (χ0) is 11.6. The third-order valence-electron chi connectivity index (χ3n) is 4.20. The maximum absolute atomic E-state index is 5.82. The average Bonchev–Trinajstić information content (AvgIpc) is 2.79. The first-order valence-electron chi connectivity index (χ1n) is 7.02. The van der Waals surface area contributed by atoms with Gasteiger partial charge in [0.05, 0.1) is 19.8 Å². The molecule has 0 saturated carbocycles. The smallest absolute Gasteiger partial charge is 0.181 e. The molecule has 3 heteroatoms. The quantitative estimate of drug-likeness (QED) is 0.687. The highest BCUT2D eigenvalue weighted by molar-refractivity contribution is 4.92. The third kappa shape index (κ3) is 2.72. The molecule has 0 N–H and O–H groups in total. The largest absolute Gasteiger partial charge is 0.346 e. The summed E-state index contributed by atoms with van der Waals surface area (Å²) in [6.07, 6.45) is 10.8. The Labute approximate surface area is 104 Å². The minimum absolute atomic E-state index is 0.247. The third-order valence-corrected chi connectivity index (χ3v) is 4.20. The van der Waals surface area contributed by atoms with Crippen LogP contribution in [0.3, 0.4) is 0 Å². The van der Waals surface area contributed by atoms with Gasteiger partial charge in [0, 0.05) is 13.0 Å². The molecule has 2 saturated heterocycles. The second kappa shape index (κ2) is 5.09. The van der Waals surface area contributed by atoms with E-state index in [2.05, 4.69) is 17.1 Å². The zero-order valence-electron chi connectivity index (χ0n) is 10.6. The van der Waals surface area contributed by atoms with Gasteiger partial charge in [-0.1, -0.05) is 12.2 Å². The number of nitrogens with zero attached hydrogens (tertiary/aromatic N) is 1. The normalized spacial score (nSPS) is 33.3. The lowest BCUT2D eigenvalue weighted by Crippen LogP contribution is -2.50. The summed E-state index contributed by atoms with van der Waals surface area (Å²) in [6, 6.07) is 0. The Morgan fingerprint density at radius 3 is 2.88 bits per heavy atom. The van der Waals surface area contributed by atoms with Crippen LogP contribution in [0.2, 0.25) is 0 Å². The Morgan fingerprint density at radius 2 is 2.12 bits per heavy atom. The van der Waals surface area contributed by atoms with E-state index in [1.54, 1.807) is 0 Å². The predicted octanol–water partition coefficient (Wildman–Crippen LogP) is 2.18. The molecule has 2 heterocycles. The van der Waals surface area contributed by atoms with Gasteiger partial charge in [0.1, 0.15) is 0 Å². The van der Waals surface area contributed by atoms with Crippen LogP contribution in [-0.2, 0) is 9.47 Å². The number of piperidine rings is 1. The van der Waals surface area contributed by atoms with E-state index in [1.165, 1.54) is 38.8 Å². The molecule has 0 bridgehead atoms. The number of likely N-dealkylation sites (tertiary alicyclic amines) is 1. The van der Waals surface area contributed by atoms with Gasteiger partial charge in [-0.25, -0.2) is 0 Å². The summed E-state index contributed by atoms with van der Waals surface area (Å²) >= 11 is 0. The summed E-state index contributed by atoms with van der Waals surface area (Å²) < 4.78 is 11.6. The molecule has 0 radical (unpaired) electrons. The van der Waals surface area contributed by atoms with Gasteiger partial charge < -0.3 is 9.47 Å². The van der Waals surface area contributed by atoms with Gasteiger partial charge in [0.2, 0.25) is 0 Å². The molecule has 0 aromatic heterocycles. The van der Waals surface area contributed by atoms with Crippen molar-refractivity contribution in [3.8, 4) is 0 Å². The topological polar surface area (TPSA) is 21.7 Å². The lowest BCUT2D eigenvalue weighted by Gasteiger charge is -2.40. The Morgan fingerprint density at radius 1 is 1.24 bits per heavy atom. The molecule has 1 atom stereocenters. The second-order valence-electron chi connectivity index (χ2n) is 5.60. The molecular formula is C14H23NO2. The van der Waals surface area contributed by atoms with Crippen molar-refractivity contribution in [2.45, 2.75) is 37.9 Å². The number of hydrogen-bond donors (Lipinski definition) is 0. The van der Waals surface area contributed by atoms with Crippen molar-refractivity contribution < 1.29 is 9.47 Å². The van der Waals surface area contributed by atoms with E-state index in [-0.39, 0.29) is 5.79 Å². The fraction of sp³-hybridized carbons (Fsp3) is 0.857. The molecule has 1 spiro atoms. The minimum atomic E-state index is -0.247. The molecule has 0 aromatic rings. The van der Waals surface area contributed by atoms with E-state index in [0.717, 1.165) is 32.1 Å². The van der Waals surface area contributed by atoms with Crippen LogP contribution in [0.1, 0.15) is 32.1 Å². The van der Waals surface area contributed by atoms with Crippen LogP contribution in [0.25, 0.3) is 0 Å². The first-order chi connectivity index (χ1) is 8.36. The molecule has 3 aliphatic rings. The summed E-state index contributed by atoms with van der Waals surface area (Å²) in [4.78, 5) is 2.55. The number of hydrogen-bond acceptors (Lipinski definition) is 3. The van der Waals surface area contributed by atoms with Crippen LogP contribution >= 0.6 is 0 Å². The summed E-state index contributed by atoms with van der Waals surface area (Å²) in [7, 11) is 0. The van der Waals surface area contributed by atoms with Gasteiger partial charge in [0.25, 0.3) is 0 Å². The number of allylic oxidation sites excluding steroid dienone is 2. The van der Waals surface area contributed by atoms with Gasteiger partial charge >= 0.3 is 0 Å².